The number of aryl methyl sites for hydroxylation is 1. The molecule has 0 aliphatic carbocycles. The number of amides is 1. The van der Waals surface area contributed by atoms with Crippen LogP contribution in [0.2, 0.25) is 0 Å². The number of hydrogen-bond donors (Lipinski definition) is 2. The Hall–Kier alpha value is -1.41. The molecule has 0 aromatic carbocycles. The molecule has 1 aliphatic heterocycles. The van der Waals surface area contributed by atoms with E-state index in [2.05, 4.69) is 17.1 Å². The van der Waals surface area contributed by atoms with Crippen LogP contribution in [-0.4, -0.2) is 42.5 Å². The number of likely N-dealkylation sites (tertiary alicyclic amines) is 1. The van der Waals surface area contributed by atoms with E-state index < -0.39 is 10.0 Å². The molecule has 1 atom stereocenters. The number of sulfonamides is 1. The molecule has 1 saturated heterocycles. The minimum absolute atomic E-state index is 0.0797. The number of aromatic nitrogens is 2. The smallest absolute Gasteiger partial charge is 0.275 e. The van der Waals surface area contributed by atoms with Crippen molar-refractivity contribution in [2.24, 2.45) is 11.1 Å². The Balaban J connectivity index is 2.33. The highest BCUT2D eigenvalue weighted by Gasteiger charge is 2.30. The highest BCUT2D eigenvalue weighted by molar-refractivity contribution is 7.89. The number of carbonyl (C=O) groups is 1. The minimum atomic E-state index is -3.98. The van der Waals surface area contributed by atoms with Crippen LogP contribution in [0.25, 0.3) is 0 Å². The van der Waals surface area contributed by atoms with Crippen LogP contribution in [0.4, 0.5) is 0 Å². The van der Waals surface area contributed by atoms with Crippen molar-refractivity contribution < 1.29 is 13.2 Å². The van der Waals surface area contributed by atoms with Gasteiger partial charge in [-0.25, -0.2) is 13.6 Å². The summed E-state index contributed by atoms with van der Waals surface area (Å²) in [6, 6.07) is 0. The molecule has 1 aromatic heterocycles. The van der Waals surface area contributed by atoms with Crippen LogP contribution in [0.1, 0.15) is 49.3 Å². The molecule has 118 valence electrons. The summed E-state index contributed by atoms with van der Waals surface area (Å²) in [4.78, 5) is 14.1. The Morgan fingerprint density at radius 2 is 2.14 bits per heavy atom. The summed E-state index contributed by atoms with van der Waals surface area (Å²) in [7, 11) is -3.98. The second kappa shape index (κ2) is 6.15. The molecule has 2 heterocycles. The van der Waals surface area contributed by atoms with Gasteiger partial charge in [0, 0.05) is 13.1 Å². The number of nitrogens with zero attached hydrogens (tertiary/aromatic N) is 2. The molecular formula is C13H22N4O3S. The van der Waals surface area contributed by atoms with E-state index >= 15 is 0 Å². The number of hydrogen-bond acceptors (Lipinski definition) is 4. The molecule has 0 bridgehead atoms. The van der Waals surface area contributed by atoms with Gasteiger partial charge in [0.1, 0.15) is 4.90 Å². The van der Waals surface area contributed by atoms with Crippen LogP contribution in [0.15, 0.2) is 4.90 Å². The Morgan fingerprint density at radius 1 is 1.43 bits per heavy atom. The molecule has 1 aromatic rings. The lowest BCUT2D eigenvalue weighted by molar-refractivity contribution is 0.0750. The lowest BCUT2D eigenvalue weighted by Gasteiger charge is -2.19. The molecule has 0 saturated carbocycles. The number of nitrogens with two attached hydrogens (primary N) is 1. The van der Waals surface area contributed by atoms with Crippen molar-refractivity contribution in [2.45, 2.75) is 44.4 Å². The fourth-order valence-corrected chi connectivity index (χ4v) is 3.61. The quantitative estimate of drug-likeness (QED) is 0.863. The van der Waals surface area contributed by atoms with E-state index in [0.29, 0.717) is 31.1 Å². The Bertz CT molecular complexity index is 623. The maximum Gasteiger partial charge on any atom is 0.275 e. The zero-order chi connectivity index (χ0) is 15.6. The first-order chi connectivity index (χ1) is 9.84. The molecule has 7 nitrogen and oxygen atoms in total. The van der Waals surface area contributed by atoms with Gasteiger partial charge in [-0.15, -0.1) is 0 Å². The Labute approximate surface area is 124 Å². The molecule has 1 unspecified atom stereocenters. The molecule has 1 fully saturated rings. The van der Waals surface area contributed by atoms with E-state index in [1.807, 2.05) is 0 Å². The fourth-order valence-electron chi connectivity index (χ4n) is 2.67. The summed E-state index contributed by atoms with van der Waals surface area (Å²) in [5.41, 5.74) is 0.299. The molecule has 0 radical (unpaired) electrons. The first-order valence-corrected chi connectivity index (χ1v) is 8.78. The second-order valence-corrected chi connectivity index (χ2v) is 7.10. The van der Waals surface area contributed by atoms with E-state index in [4.69, 9.17) is 5.14 Å². The Morgan fingerprint density at radius 3 is 2.76 bits per heavy atom. The van der Waals surface area contributed by atoms with Crippen molar-refractivity contribution >= 4 is 15.9 Å². The van der Waals surface area contributed by atoms with E-state index in [0.717, 1.165) is 19.3 Å². The summed E-state index contributed by atoms with van der Waals surface area (Å²) in [5, 5.41) is 11.8. The number of aromatic amines is 1. The molecule has 1 aliphatic rings. The zero-order valence-corrected chi connectivity index (χ0v) is 13.2. The predicted octanol–water partition coefficient (Wildman–Crippen LogP) is 0.882. The van der Waals surface area contributed by atoms with Gasteiger partial charge in [0.25, 0.3) is 5.91 Å². The molecule has 0 spiro atoms. The SMILES string of the molecule is CCc1[nH]nc(C(=O)N2CCCC(C)CC2)c1S(N)(=O)=O. The molecule has 3 N–H and O–H groups in total. The van der Waals surface area contributed by atoms with Crippen molar-refractivity contribution in [2.75, 3.05) is 13.1 Å². The van der Waals surface area contributed by atoms with Crippen molar-refractivity contribution in [1.82, 2.24) is 15.1 Å². The van der Waals surface area contributed by atoms with E-state index in [-0.39, 0.29) is 16.5 Å². The normalized spacial score (nSPS) is 20.3. The van der Waals surface area contributed by atoms with Crippen LogP contribution in [0.3, 0.4) is 0 Å². The first kappa shape index (κ1) is 16.0. The van der Waals surface area contributed by atoms with Gasteiger partial charge < -0.3 is 4.90 Å². The van der Waals surface area contributed by atoms with Gasteiger partial charge in [-0.05, 0) is 31.6 Å². The Kier molecular flexibility index (Phi) is 4.67. The highest BCUT2D eigenvalue weighted by Crippen LogP contribution is 2.22. The van der Waals surface area contributed by atoms with Crippen LogP contribution in [-0.2, 0) is 16.4 Å². The van der Waals surface area contributed by atoms with Crippen LogP contribution < -0.4 is 5.14 Å². The number of primary sulfonamides is 1. The average molecular weight is 314 g/mol. The lowest BCUT2D eigenvalue weighted by Crippen LogP contribution is -2.33. The van der Waals surface area contributed by atoms with Gasteiger partial charge in [0.05, 0.1) is 5.69 Å². The topological polar surface area (TPSA) is 109 Å². The van der Waals surface area contributed by atoms with Crippen molar-refractivity contribution in [3.63, 3.8) is 0 Å². The second-order valence-electron chi connectivity index (χ2n) is 5.61. The predicted molar refractivity (Wildman–Crippen MR) is 78.3 cm³/mol. The van der Waals surface area contributed by atoms with Gasteiger partial charge in [-0.3, -0.25) is 9.89 Å². The number of nitrogens with one attached hydrogen (secondary N) is 1. The lowest BCUT2D eigenvalue weighted by atomic mass is 10.0. The van der Waals surface area contributed by atoms with E-state index in [1.54, 1.807) is 11.8 Å². The third-order valence-corrected chi connectivity index (χ3v) is 4.95. The van der Waals surface area contributed by atoms with Crippen LogP contribution in [0.5, 0.6) is 0 Å². The van der Waals surface area contributed by atoms with Gasteiger partial charge in [-0.1, -0.05) is 13.8 Å². The first-order valence-electron chi connectivity index (χ1n) is 7.24. The van der Waals surface area contributed by atoms with E-state index in [1.165, 1.54) is 0 Å². The standard InChI is InChI=1S/C13H22N4O3S/c1-3-10-12(21(14,19)20)11(16-15-10)13(18)17-7-4-5-9(2)6-8-17/h9H,3-8H2,1-2H3,(H,15,16)(H2,14,19,20). The van der Waals surface area contributed by atoms with E-state index in [9.17, 15) is 13.2 Å². The number of rotatable bonds is 3. The van der Waals surface area contributed by atoms with Crippen molar-refractivity contribution in [3.05, 3.63) is 11.4 Å². The molecular weight excluding hydrogens is 292 g/mol. The average Bonchev–Trinajstić information content (AvgIpc) is 2.74. The van der Waals surface area contributed by atoms with Crippen molar-refractivity contribution in [1.29, 1.82) is 0 Å². The number of carbonyl (C=O) groups excluding carboxylic acids is 1. The fraction of sp³-hybridized carbons (Fsp3) is 0.692. The zero-order valence-electron chi connectivity index (χ0n) is 12.4. The maximum absolute atomic E-state index is 12.6. The maximum atomic E-state index is 12.6. The summed E-state index contributed by atoms with van der Waals surface area (Å²) >= 11 is 0. The molecule has 2 rings (SSSR count). The number of H-pyrrole nitrogens is 1. The third kappa shape index (κ3) is 3.44. The minimum Gasteiger partial charge on any atom is -0.337 e. The summed E-state index contributed by atoms with van der Waals surface area (Å²) in [6.45, 7) is 5.19. The van der Waals surface area contributed by atoms with Gasteiger partial charge in [-0.2, -0.15) is 5.10 Å². The van der Waals surface area contributed by atoms with Gasteiger partial charge in [0.2, 0.25) is 10.0 Å². The molecule has 1 amide bonds. The van der Waals surface area contributed by atoms with Crippen LogP contribution >= 0.6 is 0 Å². The van der Waals surface area contributed by atoms with Crippen molar-refractivity contribution in [3.8, 4) is 0 Å². The largest absolute Gasteiger partial charge is 0.337 e. The van der Waals surface area contributed by atoms with Crippen LogP contribution in [0, 0.1) is 5.92 Å². The van der Waals surface area contributed by atoms with Gasteiger partial charge in [0.15, 0.2) is 5.69 Å². The summed E-state index contributed by atoms with van der Waals surface area (Å²) in [6.07, 6.45) is 3.33. The molecule has 8 heteroatoms. The summed E-state index contributed by atoms with van der Waals surface area (Å²) < 4.78 is 23.5. The molecule has 21 heavy (non-hydrogen) atoms. The highest BCUT2D eigenvalue weighted by atomic mass is 32.2. The third-order valence-electron chi connectivity index (χ3n) is 3.94. The summed E-state index contributed by atoms with van der Waals surface area (Å²) in [5.74, 6) is 0.218. The van der Waals surface area contributed by atoms with Gasteiger partial charge >= 0.3 is 0 Å². The monoisotopic (exact) mass is 314 g/mol.